The van der Waals surface area contributed by atoms with Crippen LogP contribution < -0.4 is 10.5 Å². The minimum atomic E-state index is -0.318. The number of aromatic nitrogens is 1. The van der Waals surface area contributed by atoms with Crippen molar-refractivity contribution in [3.63, 3.8) is 0 Å². The first kappa shape index (κ1) is 18.3. The van der Waals surface area contributed by atoms with Gasteiger partial charge in [-0.1, -0.05) is 12.1 Å². The lowest BCUT2D eigenvalue weighted by molar-refractivity contribution is 0.0693. The molecule has 0 spiro atoms. The molecular formula is C22H24N2O4. The molecule has 0 atom stereocenters. The highest BCUT2D eigenvalue weighted by Gasteiger charge is 2.27. The van der Waals surface area contributed by atoms with Gasteiger partial charge in [-0.3, -0.25) is 9.36 Å². The van der Waals surface area contributed by atoms with Gasteiger partial charge in [0.05, 0.1) is 12.6 Å². The van der Waals surface area contributed by atoms with Crippen molar-refractivity contribution >= 4 is 17.0 Å². The largest absolute Gasteiger partial charge is 0.497 e. The van der Waals surface area contributed by atoms with Crippen molar-refractivity contribution in [3.8, 4) is 5.75 Å². The summed E-state index contributed by atoms with van der Waals surface area (Å²) >= 11 is 0. The van der Waals surface area contributed by atoms with Crippen molar-refractivity contribution in [1.82, 2.24) is 9.47 Å². The third kappa shape index (κ3) is 3.19. The standard InChI is InChI=1S/C22H24N2O4/c1-14-11-15(2)20-19(12-14)24(22(26)28-20)17-7-9-23(10-8-17)21(25)16-5-4-6-18(13-16)27-3/h4-6,11-13,17H,7-10H2,1-3H3. The first-order valence-corrected chi connectivity index (χ1v) is 9.53. The van der Waals surface area contributed by atoms with Gasteiger partial charge in [-0.15, -0.1) is 0 Å². The second-order valence-electron chi connectivity index (χ2n) is 7.42. The van der Waals surface area contributed by atoms with E-state index in [4.69, 9.17) is 9.15 Å². The molecule has 1 aliphatic rings. The summed E-state index contributed by atoms with van der Waals surface area (Å²) in [5.41, 5.74) is 4.20. The maximum atomic E-state index is 12.8. The van der Waals surface area contributed by atoms with E-state index in [1.54, 1.807) is 23.8 Å². The fourth-order valence-corrected chi connectivity index (χ4v) is 4.09. The van der Waals surface area contributed by atoms with E-state index < -0.39 is 0 Å². The summed E-state index contributed by atoms with van der Waals surface area (Å²) in [6, 6.07) is 11.3. The number of carbonyl (C=O) groups is 1. The molecule has 3 aromatic rings. The van der Waals surface area contributed by atoms with Crippen molar-refractivity contribution in [3.05, 3.63) is 63.6 Å². The zero-order valence-corrected chi connectivity index (χ0v) is 16.4. The van der Waals surface area contributed by atoms with E-state index in [1.807, 2.05) is 43.0 Å². The second-order valence-corrected chi connectivity index (χ2v) is 7.42. The lowest BCUT2D eigenvalue weighted by atomic mass is 10.0. The molecule has 2 aromatic carbocycles. The molecule has 2 heterocycles. The first-order chi connectivity index (χ1) is 13.5. The van der Waals surface area contributed by atoms with Crippen LogP contribution in [0.5, 0.6) is 5.75 Å². The second kappa shape index (κ2) is 7.19. The van der Waals surface area contributed by atoms with Gasteiger partial charge in [0, 0.05) is 24.7 Å². The number of rotatable bonds is 3. The average molecular weight is 380 g/mol. The summed E-state index contributed by atoms with van der Waals surface area (Å²) in [7, 11) is 1.59. The summed E-state index contributed by atoms with van der Waals surface area (Å²) in [5.74, 6) is 0.345. The fourth-order valence-electron chi connectivity index (χ4n) is 4.09. The van der Waals surface area contributed by atoms with Crippen LogP contribution in [-0.4, -0.2) is 35.6 Å². The van der Waals surface area contributed by atoms with Crippen LogP contribution in [-0.2, 0) is 0 Å². The van der Waals surface area contributed by atoms with Gasteiger partial charge >= 0.3 is 5.76 Å². The zero-order chi connectivity index (χ0) is 19.8. The van der Waals surface area contributed by atoms with E-state index in [2.05, 4.69) is 0 Å². The van der Waals surface area contributed by atoms with Gasteiger partial charge in [0.25, 0.3) is 5.91 Å². The number of ether oxygens (including phenoxy) is 1. The van der Waals surface area contributed by atoms with Gasteiger partial charge in [-0.2, -0.15) is 0 Å². The van der Waals surface area contributed by atoms with Crippen LogP contribution in [0.25, 0.3) is 11.1 Å². The van der Waals surface area contributed by atoms with E-state index in [1.165, 1.54) is 0 Å². The van der Waals surface area contributed by atoms with Crippen LogP contribution in [0.2, 0.25) is 0 Å². The normalized spacial score (nSPS) is 15.2. The lowest BCUT2D eigenvalue weighted by Crippen LogP contribution is -2.40. The minimum absolute atomic E-state index is 0.00608. The van der Waals surface area contributed by atoms with E-state index in [-0.39, 0.29) is 17.7 Å². The van der Waals surface area contributed by atoms with Crippen LogP contribution in [0, 0.1) is 13.8 Å². The molecule has 0 bridgehead atoms. The fraction of sp³-hybridized carbons (Fsp3) is 0.364. The number of amides is 1. The Morgan fingerprint density at radius 2 is 1.89 bits per heavy atom. The van der Waals surface area contributed by atoms with Crippen LogP contribution in [0.1, 0.15) is 40.4 Å². The van der Waals surface area contributed by atoms with Gasteiger partial charge in [-0.05, 0) is 62.1 Å². The van der Waals surface area contributed by atoms with Crippen molar-refractivity contribution < 1.29 is 13.9 Å². The quantitative estimate of drug-likeness (QED) is 0.695. The Hall–Kier alpha value is -3.02. The number of benzene rings is 2. The Balaban J connectivity index is 1.55. The number of nitrogens with zero attached hydrogens (tertiary/aromatic N) is 2. The van der Waals surface area contributed by atoms with Gasteiger partial charge in [0.15, 0.2) is 5.58 Å². The highest BCUT2D eigenvalue weighted by atomic mass is 16.5. The molecule has 0 unspecified atom stereocenters. The van der Waals surface area contributed by atoms with E-state index in [0.717, 1.165) is 29.5 Å². The minimum Gasteiger partial charge on any atom is -0.497 e. The Labute approximate surface area is 163 Å². The Bertz CT molecular complexity index is 1090. The molecule has 1 saturated heterocycles. The molecule has 0 saturated carbocycles. The van der Waals surface area contributed by atoms with Crippen LogP contribution >= 0.6 is 0 Å². The number of piperidine rings is 1. The number of hydrogen-bond donors (Lipinski definition) is 0. The lowest BCUT2D eigenvalue weighted by Gasteiger charge is -2.32. The average Bonchev–Trinajstić information content (AvgIpc) is 3.04. The third-order valence-electron chi connectivity index (χ3n) is 5.48. The van der Waals surface area contributed by atoms with E-state index in [0.29, 0.717) is 30.0 Å². The molecule has 0 radical (unpaired) electrons. The molecule has 146 valence electrons. The Kier molecular flexibility index (Phi) is 4.71. The molecule has 6 heteroatoms. The molecule has 6 nitrogen and oxygen atoms in total. The molecule has 1 amide bonds. The summed E-state index contributed by atoms with van der Waals surface area (Å²) in [5, 5.41) is 0. The zero-order valence-electron chi connectivity index (χ0n) is 16.4. The first-order valence-electron chi connectivity index (χ1n) is 9.53. The smallest absolute Gasteiger partial charge is 0.420 e. The molecule has 0 aliphatic carbocycles. The maximum Gasteiger partial charge on any atom is 0.420 e. The topological polar surface area (TPSA) is 64.7 Å². The molecule has 1 aromatic heterocycles. The highest BCUT2D eigenvalue weighted by Crippen LogP contribution is 2.28. The molecule has 1 aliphatic heterocycles. The number of likely N-dealkylation sites (tertiary alicyclic amines) is 1. The number of oxazole rings is 1. The van der Waals surface area contributed by atoms with Crippen molar-refractivity contribution in [1.29, 1.82) is 0 Å². The summed E-state index contributed by atoms with van der Waals surface area (Å²) in [4.78, 5) is 27.2. The third-order valence-corrected chi connectivity index (χ3v) is 5.48. The molecule has 4 rings (SSSR count). The van der Waals surface area contributed by atoms with Gasteiger partial charge < -0.3 is 14.1 Å². The van der Waals surface area contributed by atoms with Gasteiger partial charge in [-0.25, -0.2) is 4.79 Å². The molecule has 1 fully saturated rings. The van der Waals surface area contributed by atoms with Gasteiger partial charge in [0.2, 0.25) is 0 Å². The van der Waals surface area contributed by atoms with Crippen molar-refractivity contribution in [2.75, 3.05) is 20.2 Å². The number of aryl methyl sites for hydroxylation is 2. The summed E-state index contributed by atoms with van der Waals surface area (Å²) in [6.45, 7) is 5.18. The number of hydrogen-bond acceptors (Lipinski definition) is 4. The van der Waals surface area contributed by atoms with Crippen molar-refractivity contribution in [2.24, 2.45) is 0 Å². The van der Waals surface area contributed by atoms with Gasteiger partial charge in [0.1, 0.15) is 5.75 Å². The summed E-state index contributed by atoms with van der Waals surface area (Å²) < 4.78 is 12.5. The Morgan fingerprint density at radius 3 is 2.61 bits per heavy atom. The monoisotopic (exact) mass is 380 g/mol. The maximum absolute atomic E-state index is 12.8. The van der Waals surface area contributed by atoms with E-state index in [9.17, 15) is 9.59 Å². The van der Waals surface area contributed by atoms with Crippen molar-refractivity contribution in [2.45, 2.75) is 32.7 Å². The van der Waals surface area contributed by atoms with Crippen LogP contribution in [0.15, 0.2) is 45.6 Å². The molecule has 0 N–H and O–H groups in total. The molecule has 28 heavy (non-hydrogen) atoms. The summed E-state index contributed by atoms with van der Waals surface area (Å²) in [6.07, 6.45) is 1.44. The highest BCUT2D eigenvalue weighted by molar-refractivity contribution is 5.94. The SMILES string of the molecule is COc1cccc(C(=O)N2CCC(n3c(=O)oc4c(C)cc(C)cc43)CC2)c1. The van der Waals surface area contributed by atoms with Crippen LogP contribution in [0.3, 0.4) is 0 Å². The van der Waals surface area contributed by atoms with E-state index >= 15 is 0 Å². The predicted octanol–water partition coefficient (Wildman–Crippen LogP) is 3.70. The molecular weight excluding hydrogens is 356 g/mol. The number of methoxy groups -OCH3 is 1. The number of fused-ring (bicyclic) bond motifs is 1. The predicted molar refractivity (Wildman–Crippen MR) is 107 cm³/mol. The van der Waals surface area contributed by atoms with Crippen LogP contribution in [0.4, 0.5) is 0 Å². The number of carbonyl (C=O) groups excluding carboxylic acids is 1. The Morgan fingerprint density at radius 1 is 1.14 bits per heavy atom.